The van der Waals surface area contributed by atoms with Gasteiger partial charge in [0.15, 0.2) is 0 Å². The van der Waals surface area contributed by atoms with Crippen LogP contribution in [-0.2, 0) is 6.42 Å². The third-order valence-electron chi connectivity index (χ3n) is 2.50. The molecule has 0 fully saturated rings. The Kier molecular flexibility index (Phi) is 3.49. The monoisotopic (exact) mass is 237 g/mol. The van der Waals surface area contributed by atoms with E-state index in [1.165, 1.54) is 30.5 Å². The van der Waals surface area contributed by atoms with E-state index in [9.17, 15) is 8.78 Å². The van der Waals surface area contributed by atoms with Crippen molar-refractivity contribution in [2.45, 2.75) is 12.8 Å². The molecule has 1 heterocycles. The van der Waals surface area contributed by atoms with E-state index in [4.69, 9.17) is 5.73 Å². The van der Waals surface area contributed by atoms with Gasteiger partial charge in [-0.1, -0.05) is 0 Å². The summed E-state index contributed by atoms with van der Waals surface area (Å²) in [5, 5.41) is 3.95. The first-order valence-electron chi connectivity index (χ1n) is 5.41. The number of nitrogens with zero attached hydrogens (tertiary/aromatic N) is 2. The highest BCUT2D eigenvalue weighted by atomic mass is 19.1. The zero-order chi connectivity index (χ0) is 12.3. The number of aryl methyl sites for hydroxylation is 1. The average molecular weight is 237 g/mol. The molecule has 0 aliphatic rings. The Labute approximate surface area is 97.9 Å². The maximum Gasteiger partial charge on any atom is 0.219 e. The molecule has 2 N–H and O–H groups in total. The number of hydrogen-bond acceptors (Lipinski definition) is 2. The summed E-state index contributed by atoms with van der Waals surface area (Å²) < 4.78 is 27.8. The van der Waals surface area contributed by atoms with Crippen LogP contribution in [0.3, 0.4) is 0 Å². The lowest BCUT2D eigenvalue weighted by molar-refractivity contribution is 0.524. The SMILES string of the molecule is NCCCc1cnn(-c2ccc(F)cc2)c1F. The van der Waals surface area contributed by atoms with Crippen LogP contribution in [0.4, 0.5) is 8.78 Å². The van der Waals surface area contributed by atoms with Crippen molar-refractivity contribution in [1.29, 1.82) is 0 Å². The van der Waals surface area contributed by atoms with Crippen LogP contribution in [0.1, 0.15) is 12.0 Å². The van der Waals surface area contributed by atoms with Crippen LogP contribution < -0.4 is 5.73 Å². The van der Waals surface area contributed by atoms with Crippen molar-refractivity contribution in [2.24, 2.45) is 5.73 Å². The molecule has 0 aliphatic carbocycles. The number of hydrogen-bond donors (Lipinski definition) is 1. The van der Waals surface area contributed by atoms with Crippen LogP contribution in [0.15, 0.2) is 30.5 Å². The summed E-state index contributed by atoms with van der Waals surface area (Å²) in [6, 6.07) is 5.52. The number of rotatable bonds is 4. The highest BCUT2D eigenvalue weighted by Crippen LogP contribution is 2.15. The lowest BCUT2D eigenvalue weighted by Gasteiger charge is -2.02. The van der Waals surface area contributed by atoms with Crippen LogP contribution in [0.25, 0.3) is 5.69 Å². The van der Waals surface area contributed by atoms with Crippen LogP contribution in [0, 0.1) is 11.8 Å². The number of benzene rings is 1. The molecule has 0 aliphatic heterocycles. The molecule has 0 unspecified atom stereocenters. The Morgan fingerprint density at radius 2 is 1.88 bits per heavy atom. The predicted molar refractivity (Wildman–Crippen MR) is 60.9 cm³/mol. The summed E-state index contributed by atoms with van der Waals surface area (Å²) in [4.78, 5) is 0. The molecule has 0 saturated carbocycles. The van der Waals surface area contributed by atoms with Crippen molar-refractivity contribution in [3.63, 3.8) is 0 Å². The standard InChI is InChI=1S/C12H13F2N3/c13-10-3-5-11(6-4-10)17-12(14)9(8-16-17)2-1-7-15/h3-6,8H,1-2,7,15H2. The van der Waals surface area contributed by atoms with E-state index in [0.717, 1.165) is 4.68 Å². The lowest BCUT2D eigenvalue weighted by atomic mass is 10.2. The van der Waals surface area contributed by atoms with Crippen LogP contribution in [-0.4, -0.2) is 16.3 Å². The Morgan fingerprint density at radius 1 is 1.18 bits per heavy atom. The molecule has 0 spiro atoms. The second-order valence-electron chi connectivity index (χ2n) is 3.74. The van der Waals surface area contributed by atoms with Gasteiger partial charge in [-0.2, -0.15) is 9.49 Å². The third kappa shape index (κ3) is 2.50. The minimum atomic E-state index is -0.412. The fourth-order valence-electron chi connectivity index (χ4n) is 1.59. The first-order chi connectivity index (χ1) is 8.22. The molecule has 0 atom stereocenters. The fraction of sp³-hybridized carbons (Fsp3) is 0.250. The minimum Gasteiger partial charge on any atom is -0.330 e. The zero-order valence-corrected chi connectivity index (χ0v) is 9.24. The Hall–Kier alpha value is -1.75. The summed E-state index contributed by atoms with van der Waals surface area (Å²) in [7, 11) is 0. The number of halogens is 2. The van der Waals surface area contributed by atoms with Gasteiger partial charge >= 0.3 is 0 Å². The second kappa shape index (κ2) is 5.05. The van der Waals surface area contributed by atoms with Gasteiger partial charge in [0.05, 0.1) is 11.9 Å². The molecule has 0 amide bonds. The van der Waals surface area contributed by atoms with Crippen LogP contribution >= 0.6 is 0 Å². The summed E-state index contributed by atoms with van der Waals surface area (Å²) in [6.07, 6.45) is 2.75. The lowest BCUT2D eigenvalue weighted by Crippen LogP contribution is -2.03. The van der Waals surface area contributed by atoms with Gasteiger partial charge in [0.1, 0.15) is 5.82 Å². The second-order valence-corrected chi connectivity index (χ2v) is 3.74. The third-order valence-corrected chi connectivity index (χ3v) is 2.50. The molecule has 2 aromatic rings. The highest BCUT2D eigenvalue weighted by Gasteiger charge is 2.11. The van der Waals surface area contributed by atoms with Gasteiger partial charge in [-0.05, 0) is 43.7 Å². The summed E-state index contributed by atoms with van der Waals surface area (Å²) in [5.41, 5.74) is 6.40. The summed E-state index contributed by atoms with van der Waals surface area (Å²) >= 11 is 0. The van der Waals surface area contributed by atoms with Crippen molar-refractivity contribution in [3.05, 3.63) is 47.8 Å². The van der Waals surface area contributed by atoms with Crippen LogP contribution in [0.2, 0.25) is 0 Å². The molecule has 0 bridgehead atoms. The average Bonchev–Trinajstić information content (AvgIpc) is 2.69. The Balaban J connectivity index is 2.27. The quantitative estimate of drug-likeness (QED) is 0.884. The maximum absolute atomic E-state index is 13.9. The predicted octanol–water partition coefficient (Wildman–Crippen LogP) is 2.04. The molecule has 5 heteroatoms. The molecular weight excluding hydrogens is 224 g/mol. The smallest absolute Gasteiger partial charge is 0.219 e. The fourth-order valence-corrected chi connectivity index (χ4v) is 1.59. The Morgan fingerprint density at radius 3 is 2.53 bits per heavy atom. The van der Waals surface area contributed by atoms with Gasteiger partial charge in [0.25, 0.3) is 0 Å². The highest BCUT2D eigenvalue weighted by molar-refractivity contribution is 5.32. The van der Waals surface area contributed by atoms with Crippen molar-refractivity contribution < 1.29 is 8.78 Å². The van der Waals surface area contributed by atoms with Crippen molar-refractivity contribution in [1.82, 2.24) is 9.78 Å². The van der Waals surface area contributed by atoms with Gasteiger partial charge in [0, 0.05) is 5.56 Å². The van der Waals surface area contributed by atoms with Gasteiger partial charge < -0.3 is 5.73 Å². The molecule has 1 aromatic carbocycles. The minimum absolute atomic E-state index is 0.357. The van der Waals surface area contributed by atoms with E-state index < -0.39 is 5.95 Å². The topological polar surface area (TPSA) is 43.8 Å². The molecular formula is C12H13F2N3. The van der Waals surface area contributed by atoms with E-state index in [0.29, 0.717) is 30.6 Å². The van der Waals surface area contributed by atoms with Gasteiger partial charge in [-0.3, -0.25) is 0 Å². The van der Waals surface area contributed by atoms with Gasteiger partial charge in [-0.25, -0.2) is 9.07 Å². The summed E-state index contributed by atoms with van der Waals surface area (Å²) in [5.74, 6) is -0.769. The molecule has 2 rings (SSSR count). The molecule has 17 heavy (non-hydrogen) atoms. The normalized spacial score (nSPS) is 10.8. The molecule has 3 nitrogen and oxygen atoms in total. The maximum atomic E-state index is 13.9. The van der Waals surface area contributed by atoms with E-state index in [1.807, 2.05) is 0 Å². The van der Waals surface area contributed by atoms with Crippen molar-refractivity contribution in [3.8, 4) is 5.69 Å². The van der Waals surface area contributed by atoms with Gasteiger partial charge in [-0.15, -0.1) is 0 Å². The number of aromatic nitrogens is 2. The van der Waals surface area contributed by atoms with Crippen molar-refractivity contribution >= 4 is 0 Å². The zero-order valence-electron chi connectivity index (χ0n) is 9.24. The summed E-state index contributed by atoms with van der Waals surface area (Å²) in [6.45, 7) is 0.515. The van der Waals surface area contributed by atoms with Crippen LogP contribution in [0.5, 0.6) is 0 Å². The number of nitrogens with two attached hydrogens (primary N) is 1. The molecule has 90 valence electrons. The van der Waals surface area contributed by atoms with Gasteiger partial charge in [0.2, 0.25) is 5.95 Å². The Bertz CT molecular complexity index is 491. The molecule has 0 saturated heterocycles. The molecule has 1 aromatic heterocycles. The molecule has 0 radical (unpaired) electrons. The van der Waals surface area contributed by atoms with Crippen molar-refractivity contribution in [2.75, 3.05) is 6.54 Å². The first-order valence-corrected chi connectivity index (χ1v) is 5.41. The van der Waals surface area contributed by atoms with E-state index >= 15 is 0 Å². The first kappa shape index (κ1) is 11.7. The van der Waals surface area contributed by atoms with E-state index in [2.05, 4.69) is 5.10 Å². The van der Waals surface area contributed by atoms with E-state index in [-0.39, 0.29) is 5.82 Å². The largest absolute Gasteiger partial charge is 0.330 e. The van der Waals surface area contributed by atoms with E-state index in [1.54, 1.807) is 0 Å².